The van der Waals surface area contributed by atoms with Crippen molar-refractivity contribution in [1.82, 2.24) is 24.9 Å². The van der Waals surface area contributed by atoms with Gasteiger partial charge in [-0.2, -0.15) is 23.4 Å². The molecule has 1 aliphatic heterocycles. The summed E-state index contributed by atoms with van der Waals surface area (Å²) in [6.45, 7) is 4.31. The zero-order valence-corrected chi connectivity index (χ0v) is 18.9. The van der Waals surface area contributed by atoms with E-state index in [2.05, 4.69) is 22.1 Å². The van der Waals surface area contributed by atoms with E-state index < -0.39 is 17.6 Å². The number of hydrogen-bond donors (Lipinski definition) is 0. The summed E-state index contributed by atoms with van der Waals surface area (Å²) in [6.07, 6.45) is 1.92. The van der Waals surface area contributed by atoms with Crippen LogP contribution in [0.25, 0.3) is 5.69 Å². The van der Waals surface area contributed by atoms with Crippen LogP contribution in [0, 0.1) is 18.7 Å². The second-order valence-electron chi connectivity index (χ2n) is 8.67. The molecule has 2 aromatic heterocycles. The Morgan fingerprint density at radius 2 is 1.88 bits per heavy atom. The van der Waals surface area contributed by atoms with E-state index in [9.17, 15) is 22.4 Å². The Balaban J connectivity index is 1.60. The van der Waals surface area contributed by atoms with E-state index >= 15 is 0 Å². The first-order valence-corrected chi connectivity index (χ1v) is 11.2. The molecule has 0 aliphatic carbocycles. The topological polar surface area (TPSA) is 63.9 Å². The summed E-state index contributed by atoms with van der Waals surface area (Å²) in [5, 5.41) is 8.03. The first-order valence-electron chi connectivity index (χ1n) is 11.2. The van der Waals surface area contributed by atoms with E-state index in [-0.39, 0.29) is 29.1 Å². The maximum atomic E-state index is 14.8. The van der Waals surface area contributed by atoms with Crippen LogP contribution in [0.4, 0.5) is 17.6 Å². The summed E-state index contributed by atoms with van der Waals surface area (Å²) in [7, 11) is 0. The molecule has 0 spiro atoms. The molecule has 4 rings (SSSR count). The van der Waals surface area contributed by atoms with Gasteiger partial charge in [-0.15, -0.1) is 4.80 Å². The van der Waals surface area contributed by atoms with Gasteiger partial charge in [-0.1, -0.05) is 13.0 Å². The van der Waals surface area contributed by atoms with Crippen molar-refractivity contribution in [1.29, 1.82) is 0 Å². The zero-order chi connectivity index (χ0) is 24.5. The molecule has 1 amide bonds. The van der Waals surface area contributed by atoms with Gasteiger partial charge >= 0.3 is 6.18 Å². The molecule has 180 valence electrons. The third kappa shape index (κ3) is 4.80. The van der Waals surface area contributed by atoms with Crippen LogP contribution in [-0.4, -0.2) is 43.4 Å². The Morgan fingerprint density at radius 1 is 1.15 bits per heavy atom. The lowest BCUT2D eigenvalue weighted by molar-refractivity contribution is -0.137. The highest BCUT2D eigenvalue weighted by Crippen LogP contribution is 2.32. The normalized spacial score (nSPS) is 18.8. The van der Waals surface area contributed by atoms with Crippen LogP contribution in [0.2, 0.25) is 0 Å². The van der Waals surface area contributed by atoms with E-state index in [0.29, 0.717) is 30.6 Å². The fraction of sp³-hybridized carbons (Fsp3) is 0.417. The van der Waals surface area contributed by atoms with Crippen molar-refractivity contribution in [3.8, 4) is 5.69 Å². The number of hydrogen-bond acceptors (Lipinski definition) is 4. The number of piperidine rings is 1. The highest BCUT2D eigenvalue weighted by atomic mass is 19.4. The van der Waals surface area contributed by atoms with Crippen molar-refractivity contribution in [2.75, 3.05) is 6.54 Å². The van der Waals surface area contributed by atoms with E-state index in [1.807, 2.05) is 0 Å². The van der Waals surface area contributed by atoms with Gasteiger partial charge in [0.25, 0.3) is 5.91 Å². The summed E-state index contributed by atoms with van der Waals surface area (Å²) in [6, 6.07) is 5.09. The minimum Gasteiger partial charge on any atom is -0.335 e. The predicted molar refractivity (Wildman–Crippen MR) is 117 cm³/mol. The smallest absolute Gasteiger partial charge is 0.335 e. The number of carbonyl (C=O) groups excluding carboxylic acids is 1. The Bertz CT molecular complexity index is 1150. The standard InChI is InChI=1S/C24H25F4N5O/c1-15-4-3-13-32(20(15)10-8-18-7-6-17(14-29-18)24(26,27)28)23(34)21-16(2)5-9-19(25)22(21)33-30-11-12-31-33/h5-7,9,11-12,14-15,20H,3-4,8,10,13H2,1-2H3/t15-,20-/m1/s1. The summed E-state index contributed by atoms with van der Waals surface area (Å²) in [5.41, 5.74) is 0.571. The average molecular weight is 475 g/mol. The molecule has 0 radical (unpaired) electrons. The lowest BCUT2D eigenvalue weighted by Crippen LogP contribution is -2.48. The molecule has 10 heteroatoms. The van der Waals surface area contributed by atoms with Gasteiger partial charge in [0, 0.05) is 24.5 Å². The van der Waals surface area contributed by atoms with Gasteiger partial charge in [-0.3, -0.25) is 9.78 Å². The van der Waals surface area contributed by atoms with Crippen LogP contribution in [0.5, 0.6) is 0 Å². The summed E-state index contributed by atoms with van der Waals surface area (Å²) in [5.74, 6) is -0.728. The van der Waals surface area contributed by atoms with Crippen LogP contribution in [-0.2, 0) is 12.6 Å². The number of carbonyl (C=O) groups is 1. The van der Waals surface area contributed by atoms with E-state index in [0.717, 1.165) is 29.9 Å². The van der Waals surface area contributed by atoms with E-state index in [4.69, 9.17) is 0 Å². The molecule has 0 bridgehead atoms. The monoisotopic (exact) mass is 475 g/mol. The molecule has 1 aromatic carbocycles. The van der Waals surface area contributed by atoms with Gasteiger partial charge in [0.05, 0.1) is 23.5 Å². The average Bonchev–Trinajstić information content (AvgIpc) is 3.33. The third-order valence-electron chi connectivity index (χ3n) is 6.39. The van der Waals surface area contributed by atoms with Crippen LogP contribution in [0.15, 0.2) is 42.9 Å². The molecule has 2 atom stereocenters. The molecule has 1 aliphatic rings. The number of benzene rings is 1. The van der Waals surface area contributed by atoms with Crippen LogP contribution in [0.3, 0.4) is 0 Å². The third-order valence-corrected chi connectivity index (χ3v) is 6.39. The second-order valence-corrected chi connectivity index (χ2v) is 8.67. The Hall–Kier alpha value is -3.30. The number of amides is 1. The lowest BCUT2D eigenvalue weighted by Gasteiger charge is -2.40. The predicted octanol–water partition coefficient (Wildman–Crippen LogP) is 5.00. The van der Waals surface area contributed by atoms with Crippen molar-refractivity contribution in [2.45, 2.75) is 51.7 Å². The molecule has 3 aromatic rings. The van der Waals surface area contributed by atoms with Gasteiger partial charge in [0.1, 0.15) is 5.69 Å². The van der Waals surface area contributed by atoms with Gasteiger partial charge in [-0.25, -0.2) is 4.39 Å². The van der Waals surface area contributed by atoms with Crippen LogP contribution >= 0.6 is 0 Å². The molecule has 3 heterocycles. The number of rotatable bonds is 5. The minimum atomic E-state index is -4.43. The molecule has 0 saturated carbocycles. The van der Waals surface area contributed by atoms with E-state index in [1.165, 1.54) is 24.5 Å². The molecule has 1 saturated heterocycles. The summed E-state index contributed by atoms with van der Waals surface area (Å²) < 4.78 is 53.3. The lowest BCUT2D eigenvalue weighted by atomic mass is 9.86. The molecule has 1 fully saturated rings. The summed E-state index contributed by atoms with van der Waals surface area (Å²) >= 11 is 0. The van der Waals surface area contributed by atoms with Gasteiger partial charge < -0.3 is 4.90 Å². The first kappa shape index (κ1) is 23.8. The van der Waals surface area contributed by atoms with Crippen molar-refractivity contribution < 1.29 is 22.4 Å². The van der Waals surface area contributed by atoms with Crippen molar-refractivity contribution in [3.63, 3.8) is 0 Å². The fourth-order valence-corrected chi connectivity index (χ4v) is 4.58. The number of alkyl halides is 3. The van der Waals surface area contributed by atoms with Gasteiger partial charge in [0.15, 0.2) is 5.82 Å². The zero-order valence-electron chi connectivity index (χ0n) is 18.9. The second kappa shape index (κ2) is 9.52. The van der Waals surface area contributed by atoms with Gasteiger partial charge in [-0.05, 0) is 62.3 Å². The highest BCUT2D eigenvalue weighted by molar-refractivity contribution is 5.99. The van der Waals surface area contributed by atoms with E-state index in [1.54, 1.807) is 17.9 Å². The molecule has 0 N–H and O–H groups in total. The first-order chi connectivity index (χ1) is 16.2. The minimum absolute atomic E-state index is 0.0105. The van der Waals surface area contributed by atoms with Crippen molar-refractivity contribution in [2.24, 2.45) is 5.92 Å². The number of aromatic nitrogens is 4. The van der Waals surface area contributed by atoms with Crippen molar-refractivity contribution in [3.05, 3.63) is 71.1 Å². The molecule has 0 unspecified atom stereocenters. The number of nitrogens with zero attached hydrogens (tertiary/aromatic N) is 5. The van der Waals surface area contributed by atoms with Gasteiger partial charge in [0.2, 0.25) is 0 Å². The molecule has 6 nitrogen and oxygen atoms in total. The molecular formula is C24H25F4N5O. The number of halogens is 4. The maximum Gasteiger partial charge on any atom is 0.417 e. The number of likely N-dealkylation sites (tertiary alicyclic amines) is 1. The number of aryl methyl sites for hydroxylation is 2. The largest absolute Gasteiger partial charge is 0.417 e. The van der Waals surface area contributed by atoms with Crippen LogP contribution < -0.4 is 0 Å². The van der Waals surface area contributed by atoms with Crippen LogP contribution in [0.1, 0.15) is 53.4 Å². The SMILES string of the molecule is Cc1ccc(F)c(-n2nccn2)c1C(=O)N1CCC[C@@H](C)[C@H]1CCc1ccc(C(F)(F)F)cn1. The molecule has 34 heavy (non-hydrogen) atoms. The quantitative estimate of drug-likeness (QED) is 0.487. The maximum absolute atomic E-state index is 14.8. The Morgan fingerprint density at radius 3 is 2.53 bits per heavy atom. The summed E-state index contributed by atoms with van der Waals surface area (Å²) in [4.78, 5) is 20.6. The Kier molecular flexibility index (Phi) is 6.67. The molecular weight excluding hydrogens is 450 g/mol. The van der Waals surface area contributed by atoms with Crippen molar-refractivity contribution >= 4 is 5.91 Å². The Labute approximate surface area is 194 Å². The fourth-order valence-electron chi connectivity index (χ4n) is 4.58. The highest BCUT2D eigenvalue weighted by Gasteiger charge is 2.35. The number of pyridine rings is 1.